The van der Waals surface area contributed by atoms with Crippen molar-refractivity contribution in [2.75, 3.05) is 26.2 Å². The van der Waals surface area contributed by atoms with E-state index in [9.17, 15) is 4.79 Å². The van der Waals surface area contributed by atoms with Gasteiger partial charge in [-0.3, -0.25) is 9.69 Å². The number of nitrogens with one attached hydrogen (secondary N) is 1. The van der Waals surface area contributed by atoms with Crippen molar-refractivity contribution in [2.45, 2.75) is 25.8 Å². The molecule has 1 amide bonds. The van der Waals surface area contributed by atoms with Crippen molar-refractivity contribution in [1.29, 1.82) is 0 Å². The summed E-state index contributed by atoms with van der Waals surface area (Å²) in [5.74, 6) is 1.08. The highest BCUT2D eigenvalue weighted by Gasteiger charge is 2.23. The molecule has 2 aliphatic heterocycles. The Morgan fingerprint density at radius 2 is 1.85 bits per heavy atom. The Bertz CT molecular complexity index is 774. The molecule has 1 N–H and O–H groups in total. The molecule has 0 aromatic heterocycles. The second-order valence-corrected chi connectivity index (χ2v) is 7.23. The average molecular weight is 350 g/mol. The molecule has 0 unspecified atom stereocenters. The molecule has 0 aliphatic carbocycles. The number of hydrogen-bond acceptors (Lipinski definition) is 3. The van der Waals surface area contributed by atoms with Gasteiger partial charge in [0, 0.05) is 32.1 Å². The maximum absolute atomic E-state index is 12.6. The summed E-state index contributed by atoms with van der Waals surface area (Å²) >= 11 is 0. The fraction of sp³-hybridized carbons (Fsp3) is 0.409. The van der Waals surface area contributed by atoms with Crippen molar-refractivity contribution >= 4 is 5.91 Å². The standard InChI is InChI=1S/C22H26N2O2/c25-22(19-10-14-26-21-8-4-3-6-18(21)15-19)23-11-13-24-12-9-17-5-1-2-7-20(17)16-24/h1-8,19H,9-16H2,(H,23,25)/t19-/m1/s1. The molecule has 0 fully saturated rings. The van der Waals surface area contributed by atoms with Crippen LogP contribution in [0.4, 0.5) is 0 Å². The normalized spacial score (nSPS) is 19.6. The summed E-state index contributed by atoms with van der Waals surface area (Å²) < 4.78 is 5.77. The third kappa shape index (κ3) is 3.91. The molecule has 2 heterocycles. The largest absolute Gasteiger partial charge is 0.493 e. The van der Waals surface area contributed by atoms with Crippen LogP contribution in [0.5, 0.6) is 5.75 Å². The van der Waals surface area contributed by atoms with Crippen LogP contribution in [-0.2, 0) is 24.2 Å². The number of hydrogen-bond donors (Lipinski definition) is 1. The maximum Gasteiger partial charge on any atom is 0.223 e. The highest BCUT2D eigenvalue weighted by atomic mass is 16.5. The van der Waals surface area contributed by atoms with Crippen molar-refractivity contribution in [1.82, 2.24) is 10.2 Å². The van der Waals surface area contributed by atoms with E-state index >= 15 is 0 Å². The van der Waals surface area contributed by atoms with Crippen LogP contribution in [-0.4, -0.2) is 37.0 Å². The first-order valence-corrected chi connectivity index (χ1v) is 9.57. The van der Waals surface area contributed by atoms with Gasteiger partial charge in [0.2, 0.25) is 5.91 Å². The fourth-order valence-electron chi connectivity index (χ4n) is 3.94. The molecule has 2 aromatic rings. The first-order chi connectivity index (χ1) is 12.8. The highest BCUT2D eigenvalue weighted by molar-refractivity contribution is 5.79. The first-order valence-electron chi connectivity index (χ1n) is 9.57. The minimum absolute atomic E-state index is 0.000678. The summed E-state index contributed by atoms with van der Waals surface area (Å²) in [4.78, 5) is 15.0. The topological polar surface area (TPSA) is 41.6 Å². The van der Waals surface area contributed by atoms with E-state index in [0.717, 1.165) is 50.2 Å². The molecule has 1 atom stereocenters. The van der Waals surface area contributed by atoms with Gasteiger partial charge in [-0.1, -0.05) is 42.5 Å². The number of amides is 1. The van der Waals surface area contributed by atoms with Gasteiger partial charge in [-0.25, -0.2) is 0 Å². The number of benzene rings is 2. The molecule has 4 rings (SSSR count). The monoisotopic (exact) mass is 350 g/mol. The molecule has 0 saturated heterocycles. The lowest BCUT2D eigenvalue weighted by Crippen LogP contribution is -2.40. The van der Waals surface area contributed by atoms with Gasteiger partial charge >= 0.3 is 0 Å². The van der Waals surface area contributed by atoms with Gasteiger partial charge in [0.25, 0.3) is 0 Å². The lowest BCUT2D eigenvalue weighted by Gasteiger charge is -2.28. The third-order valence-corrected chi connectivity index (χ3v) is 5.47. The van der Waals surface area contributed by atoms with E-state index in [1.165, 1.54) is 11.1 Å². The predicted octanol–water partition coefficient (Wildman–Crippen LogP) is 2.80. The van der Waals surface area contributed by atoms with Crippen molar-refractivity contribution in [3.05, 3.63) is 65.2 Å². The predicted molar refractivity (Wildman–Crippen MR) is 102 cm³/mol. The number of ether oxygens (including phenoxy) is 1. The zero-order valence-corrected chi connectivity index (χ0v) is 15.1. The summed E-state index contributed by atoms with van der Waals surface area (Å²) in [6.07, 6.45) is 2.64. The number of rotatable bonds is 4. The molecule has 2 aromatic carbocycles. The third-order valence-electron chi connectivity index (χ3n) is 5.47. The van der Waals surface area contributed by atoms with Crippen LogP contribution in [0.15, 0.2) is 48.5 Å². The van der Waals surface area contributed by atoms with E-state index in [2.05, 4.69) is 40.5 Å². The van der Waals surface area contributed by atoms with Crippen LogP contribution in [0, 0.1) is 5.92 Å². The van der Waals surface area contributed by atoms with Crippen LogP contribution < -0.4 is 10.1 Å². The molecule has 2 aliphatic rings. The molecule has 4 heteroatoms. The van der Waals surface area contributed by atoms with Crippen molar-refractivity contribution in [3.63, 3.8) is 0 Å². The molecular weight excluding hydrogens is 324 g/mol. The number of para-hydroxylation sites is 1. The van der Waals surface area contributed by atoms with Gasteiger partial charge < -0.3 is 10.1 Å². The summed E-state index contributed by atoms with van der Waals surface area (Å²) in [5.41, 5.74) is 4.02. The number of carbonyl (C=O) groups excluding carboxylic acids is 1. The Morgan fingerprint density at radius 1 is 1.08 bits per heavy atom. The van der Waals surface area contributed by atoms with E-state index in [-0.39, 0.29) is 11.8 Å². The van der Waals surface area contributed by atoms with Gasteiger partial charge in [0.15, 0.2) is 0 Å². The Morgan fingerprint density at radius 3 is 2.73 bits per heavy atom. The fourth-order valence-corrected chi connectivity index (χ4v) is 3.94. The zero-order chi connectivity index (χ0) is 17.8. The van der Waals surface area contributed by atoms with Crippen molar-refractivity contribution in [3.8, 4) is 5.75 Å². The van der Waals surface area contributed by atoms with Crippen molar-refractivity contribution in [2.24, 2.45) is 5.92 Å². The second kappa shape index (κ2) is 7.92. The lowest BCUT2D eigenvalue weighted by molar-refractivity contribution is -0.125. The van der Waals surface area contributed by atoms with E-state index in [0.29, 0.717) is 13.2 Å². The van der Waals surface area contributed by atoms with Crippen LogP contribution in [0.3, 0.4) is 0 Å². The number of fused-ring (bicyclic) bond motifs is 2. The minimum atomic E-state index is 0.000678. The van der Waals surface area contributed by atoms with Crippen LogP contribution in [0.25, 0.3) is 0 Å². The molecule has 136 valence electrons. The molecule has 26 heavy (non-hydrogen) atoms. The van der Waals surface area contributed by atoms with Gasteiger partial charge in [-0.2, -0.15) is 0 Å². The summed E-state index contributed by atoms with van der Waals surface area (Å²) in [6, 6.07) is 16.7. The quantitative estimate of drug-likeness (QED) is 0.922. The Balaban J connectivity index is 1.27. The SMILES string of the molecule is O=C(NCCN1CCc2ccccc2C1)[C@@H]1CCOc2ccccc2C1. The second-order valence-electron chi connectivity index (χ2n) is 7.23. The summed E-state index contributed by atoms with van der Waals surface area (Å²) in [7, 11) is 0. The lowest BCUT2D eigenvalue weighted by atomic mass is 9.96. The maximum atomic E-state index is 12.6. The molecule has 0 bridgehead atoms. The van der Waals surface area contributed by atoms with Crippen LogP contribution >= 0.6 is 0 Å². The van der Waals surface area contributed by atoms with E-state index in [1.54, 1.807) is 0 Å². The van der Waals surface area contributed by atoms with Crippen molar-refractivity contribution < 1.29 is 9.53 Å². The van der Waals surface area contributed by atoms with Crippen LogP contribution in [0.2, 0.25) is 0 Å². The van der Waals surface area contributed by atoms with Gasteiger partial charge in [0.1, 0.15) is 5.75 Å². The molecule has 0 saturated carbocycles. The zero-order valence-electron chi connectivity index (χ0n) is 15.1. The van der Waals surface area contributed by atoms with E-state index in [1.807, 2.05) is 18.2 Å². The molecule has 0 spiro atoms. The Labute approximate surface area is 155 Å². The van der Waals surface area contributed by atoms with Gasteiger partial charge in [0.05, 0.1) is 6.61 Å². The Hall–Kier alpha value is -2.33. The Kier molecular flexibility index (Phi) is 5.21. The van der Waals surface area contributed by atoms with E-state index < -0.39 is 0 Å². The highest BCUT2D eigenvalue weighted by Crippen LogP contribution is 2.26. The van der Waals surface area contributed by atoms with Crippen LogP contribution in [0.1, 0.15) is 23.1 Å². The molecule has 4 nitrogen and oxygen atoms in total. The van der Waals surface area contributed by atoms with Gasteiger partial charge in [-0.05, 0) is 42.0 Å². The molecular formula is C22H26N2O2. The number of nitrogens with zero attached hydrogens (tertiary/aromatic N) is 1. The summed E-state index contributed by atoms with van der Waals surface area (Å²) in [6.45, 7) is 4.27. The van der Waals surface area contributed by atoms with Gasteiger partial charge in [-0.15, -0.1) is 0 Å². The molecule has 0 radical (unpaired) electrons. The number of carbonyl (C=O) groups is 1. The minimum Gasteiger partial charge on any atom is -0.493 e. The first kappa shape index (κ1) is 17.1. The summed E-state index contributed by atoms with van der Waals surface area (Å²) in [5, 5.41) is 3.15. The smallest absolute Gasteiger partial charge is 0.223 e. The van der Waals surface area contributed by atoms with E-state index in [4.69, 9.17) is 4.74 Å². The average Bonchev–Trinajstić information content (AvgIpc) is 2.90.